The van der Waals surface area contributed by atoms with Crippen LogP contribution in [0.2, 0.25) is 0 Å². The summed E-state index contributed by atoms with van der Waals surface area (Å²) in [4.78, 5) is 33.6. The van der Waals surface area contributed by atoms with Crippen LogP contribution in [0.25, 0.3) is 22.2 Å². The van der Waals surface area contributed by atoms with Crippen LogP contribution in [-0.4, -0.2) is 21.8 Å². The number of rotatable bonds is 3. The number of nitrogens with one attached hydrogen (secondary N) is 2. The molecular formula is C23H18N4O2. The van der Waals surface area contributed by atoms with Crippen LogP contribution < -0.4 is 10.9 Å². The van der Waals surface area contributed by atoms with Crippen LogP contribution >= 0.6 is 0 Å². The molecule has 0 radical (unpaired) electrons. The van der Waals surface area contributed by atoms with Crippen molar-refractivity contribution in [3.8, 4) is 11.3 Å². The van der Waals surface area contributed by atoms with E-state index in [1.807, 2.05) is 55.5 Å². The van der Waals surface area contributed by atoms with Crippen molar-refractivity contribution in [2.75, 3.05) is 0 Å². The van der Waals surface area contributed by atoms with Gasteiger partial charge in [0.25, 0.3) is 11.8 Å². The Balaban J connectivity index is 1.65. The van der Waals surface area contributed by atoms with E-state index in [-0.39, 0.29) is 0 Å². The summed E-state index contributed by atoms with van der Waals surface area (Å²) in [6.45, 7) is 2.02. The molecule has 29 heavy (non-hydrogen) atoms. The van der Waals surface area contributed by atoms with Crippen LogP contribution in [0.3, 0.4) is 0 Å². The van der Waals surface area contributed by atoms with Crippen LogP contribution in [0.1, 0.15) is 26.3 Å². The highest BCUT2D eigenvalue weighted by Crippen LogP contribution is 2.25. The van der Waals surface area contributed by atoms with Gasteiger partial charge in [0.15, 0.2) is 0 Å². The zero-order valence-electron chi connectivity index (χ0n) is 15.7. The van der Waals surface area contributed by atoms with Gasteiger partial charge in [-0.25, -0.2) is 4.98 Å². The fourth-order valence-electron chi connectivity index (χ4n) is 2.99. The molecule has 0 saturated heterocycles. The van der Waals surface area contributed by atoms with E-state index in [0.29, 0.717) is 27.7 Å². The Hall–Kier alpha value is -4.06. The average molecular weight is 382 g/mol. The van der Waals surface area contributed by atoms with Crippen molar-refractivity contribution >= 4 is 22.7 Å². The Morgan fingerprint density at radius 2 is 1.62 bits per heavy atom. The first-order valence-corrected chi connectivity index (χ1v) is 9.09. The molecule has 4 aromatic rings. The van der Waals surface area contributed by atoms with E-state index in [2.05, 4.69) is 20.8 Å². The van der Waals surface area contributed by atoms with Gasteiger partial charge in [0.05, 0.1) is 22.3 Å². The Bertz CT molecular complexity index is 1190. The molecule has 2 heterocycles. The van der Waals surface area contributed by atoms with E-state index in [9.17, 15) is 9.59 Å². The summed E-state index contributed by atoms with van der Waals surface area (Å²) in [5.41, 5.74) is 9.14. The van der Waals surface area contributed by atoms with Gasteiger partial charge in [0.2, 0.25) is 0 Å². The van der Waals surface area contributed by atoms with Crippen LogP contribution in [0, 0.1) is 6.92 Å². The normalized spacial score (nSPS) is 10.5. The number of carbonyl (C=O) groups is 2. The number of aryl methyl sites for hydroxylation is 1. The number of nitrogens with zero attached hydrogens (tertiary/aromatic N) is 2. The van der Waals surface area contributed by atoms with E-state index in [0.717, 1.165) is 11.1 Å². The molecule has 0 atom stereocenters. The van der Waals surface area contributed by atoms with E-state index in [1.165, 1.54) is 6.20 Å². The number of hydrogen-bond acceptors (Lipinski definition) is 4. The fourth-order valence-corrected chi connectivity index (χ4v) is 2.99. The second-order valence-corrected chi connectivity index (χ2v) is 6.59. The minimum absolute atomic E-state index is 0.354. The number of amides is 2. The monoisotopic (exact) mass is 382 g/mol. The van der Waals surface area contributed by atoms with Crippen molar-refractivity contribution in [3.05, 3.63) is 95.8 Å². The molecule has 0 fully saturated rings. The third-order valence-electron chi connectivity index (χ3n) is 4.52. The first-order chi connectivity index (χ1) is 14.1. The Morgan fingerprint density at radius 1 is 0.862 bits per heavy atom. The van der Waals surface area contributed by atoms with Crippen LogP contribution in [0.5, 0.6) is 0 Å². The third-order valence-corrected chi connectivity index (χ3v) is 4.52. The predicted octanol–water partition coefficient (Wildman–Crippen LogP) is 3.68. The molecule has 0 aliphatic rings. The fraction of sp³-hybridized carbons (Fsp3) is 0.0435. The van der Waals surface area contributed by atoms with Gasteiger partial charge < -0.3 is 0 Å². The van der Waals surface area contributed by atoms with E-state index in [4.69, 9.17) is 0 Å². The lowest BCUT2D eigenvalue weighted by Crippen LogP contribution is -2.41. The van der Waals surface area contributed by atoms with Crippen LogP contribution in [0.4, 0.5) is 0 Å². The summed E-state index contributed by atoms with van der Waals surface area (Å²) in [5, 5.41) is 0.705. The lowest BCUT2D eigenvalue weighted by molar-refractivity contribution is 0.0847. The van der Waals surface area contributed by atoms with Gasteiger partial charge in [-0.3, -0.25) is 25.4 Å². The zero-order valence-corrected chi connectivity index (χ0v) is 15.7. The minimum Gasteiger partial charge on any atom is -0.267 e. The lowest BCUT2D eigenvalue weighted by atomic mass is 10.0. The molecule has 0 unspecified atom stereocenters. The van der Waals surface area contributed by atoms with E-state index < -0.39 is 11.8 Å². The van der Waals surface area contributed by atoms with Crippen molar-refractivity contribution in [2.24, 2.45) is 0 Å². The number of aromatic nitrogens is 2. The van der Waals surface area contributed by atoms with E-state index in [1.54, 1.807) is 24.4 Å². The Kier molecular flexibility index (Phi) is 4.99. The van der Waals surface area contributed by atoms with Crippen molar-refractivity contribution in [1.29, 1.82) is 0 Å². The second-order valence-electron chi connectivity index (χ2n) is 6.59. The number of benzene rings is 2. The van der Waals surface area contributed by atoms with Gasteiger partial charge in [-0.2, -0.15) is 0 Å². The molecule has 0 aliphatic heterocycles. The van der Waals surface area contributed by atoms with Crippen molar-refractivity contribution in [2.45, 2.75) is 6.92 Å². The highest BCUT2D eigenvalue weighted by atomic mass is 16.2. The maximum Gasteiger partial charge on any atom is 0.271 e. The zero-order chi connectivity index (χ0) is 20.2. The molecule has 4 rings (SSSR count). The Labute approximate surface area is 167 Å². The molecule has 2 aromatic heterocycles. The number of para-hydroxylation sites is 1. The first-order valence-electron chi connectivity index (χ1n) is 9.09. The smallest absolute Gasteiger partial charge is 0.267 e. The summed E-state index contributed by atoms with van der Waals surface area (Å²) < 4.78 is 0. The molecular weight excluding hydrogens is 364 g/mol. The summed E-state index contributed by atoms with van der Waals surface area (Å²) in [7, 11) is 0. The lowest BCUT2D eigenvalue weighted by Gasteiger charge is -2.11. The third kappa shape index (κ3) is 3.96. The number of hydrazine groups is 1. The molecule has 2 aromatic carbocycles. The van der Waals surface area contributed by atoms with Crippen molar-refractivity contribution in [3.63, 3.8) is 0 Å². The number of pyridine rings is 2. The summed E-state index contributed by atoms with van der Waals surface area (Å²) >= 11 is 0. The molecule has 2 amide bonds. The molecule has 6 nitrogen and oxygen atoms in total. The van der Waals surface area contributed by atoms with Crippen LogP contribution in [0.15, 0.2) is 79.1 Å². The number of hydrogen-bond donors (Lipinski definition) is 2. The number of fused-ring (bicyclic) bond motifs is 1. The predicted molar refractivity (Wildman–Crippen MR) is 111 cm³/mol. The maximum absolute atomic E-state index is 12.9. The summed E-state index contributed by atoms with van der Waals surface area (Å²) in [6, 6.07) is 20.4. The largest absolute Gasteiger partial charge is 0.271 e. The summed E-state index contributed by atoms with van der Waals surface area (Å²) in [6.07, 6.45) is 3.00. The van der Waals surface area contributed by atoms with Gasteiger partial charge in [-0.15, -0.1) is 0 Å². The first kappa shape index (κ1) is 18.3. The SMILES string of the molecule is Cc1ccc(-c2cc(C(=O)NNC(=O)c3cccnc3)c3ccccc3n2)cc1. The standard InChI is InChI=1S/C23H18N4O2/c1-15-8-10-16(11-9-15)21-13-19(18-6-2-3-7-20(18)25-21)23(29)27-26-22(28)17-5-4-12-24-14-17/h2-14H,1H3,(H,26,28)(H,27,29). The van der Waals surface area contributed by atoms with Gasteiger partial charge in [0.1, 0.15) is 0 Å². The highest BCUT2D eigenvalue weighted by molar-refractivity contribution is 6.08. The molecule has 142 valence electrons. The quantitative estimate of drug-likeness (QED) is 0.530. The molecule has 2 N–H and O–H groups in total. The average Bonchev–Trinajstić information content (AvgIpc) is 2.77. The van der Waals surface area contributed by atoms with Crippen LogP contribution in [-0.2, 0) is 0 Å². The molecule has 6 heteroatoms. The van der Waals surface area contributed by atoms with Gasteiger partial charge >= 0.3 is 0 Å². The van der Waals surface area contributed by atoms with Gasteiger partial charge in [0, 0.05) is 23.3 Å². The molecule has 0 bridgehead atoms. The summed E-state index contributed by atoms with van der Waals surface area (Å²) in [5.74, 6) is -0.863. The topological polar surface area (TPSA) is 84.0 Å². The second kappa shape index (κ2) is 7.90. The molecule has 0 spiro atoms. The maximum atomic E-state index is 12.9. The number of carbonyl (C=O) groups excluding carboxylic acids is 2. The molecule has 0 aliphatic carbocycles. The van der Waals surface area contributed by atoms with Gasteiger partial charge in [-0.05, 0) is 31.2 Å². The highest BCUT2D eigenvalue weighted by Gasteiger charge is 2.15. The van der Waals surface area contributed by atoms with Crippen molar-refractivity contribution in [1.82, 2.24) is 20.8 Å². The Morgan fingerprint density at radius 3 is 2.38 bits per heavy atom. The van der Waals surface area contributed by atoms with E-state index >= 15 is 0 Å². The minimum atomic E-state index is -0.441. The van der Waals surface area contributed by atoms with Gasteiger partial charge in [-0.1, -0.05) is 48.0 Å². The molecule has 0 saturated carbocycles. The van der Waals surface area contributed by atoms with Crippen molar-refractivity contribution < 1.29 is 9.59 Å².